The van der Waals surface area contributed by atoms with Crippen LogP contribution in [0.15, 0.2) is 66.7 Å². The van der Waals surface area contributed by atoms with Crippen molar-refractivity contribution in [2.24, 2.45) is 28.1 Å². The number of piperidine rings is 3. The zero-order valence-corrected chi connectivity index (χ0v) is 65.9. The predicted octanol–water partition coefficient (Wildman–Crippen LogP) is 16.8. The third-order valence-corrected chi connectivity index (χ3v) is 25.9. The Balaban J connectivity index is 0.000000196. The van der Waals surface area contributed by atoms with Crippen LogP contribution in [0.3, 0.4) is 0 Å². The van der Waals surface area contributed by atoms with E-state index in [2.05, 4.69) is 162 Å². The first kappa shape index (κ1) is 79.3. The summed E-state index contributed by atoms with van der Waals surface area (Å²) in [6, 6.07) is 22.4. The van der Waals surface area contributed by atoms with Gasteiger partial charge in [-0.3, -0.25) is 24.0 Å². The summed E-state index contributed by atoms with van der Waals surface area (Å²) < 4.78 is 19.9. The molecule has 9 aliphatic rings. The number of benzene rings is 3. The smallest absolute Gasteiger partial charge is 0.243 e. The van der Waals surface area contributed by atoms with Crippen molar-refractivity contribution >= 4 is 29.5 Å². The van der Waals surface area contributed by atoms with Crippen molar-refractivity contribution in [3.63, 3.8) is 0 Å². The molecule has 4 aliphatic carbocycles. The van der Waals surface area contributed by atoms with E-state index in [-0.39, 0.29) is 73.2 Å². The Morgan fingerprint density at radius 1 is 0.549 bits per heavy atom. The SMILES string of the molecule is CC(C)C[C@@H](C(=O)N[C@H]1CCC2(CCN(CCC(C)(C)C)CC2)c2ccccc21)N1CCCC1=O.CCN(C(=O)C1CCC(OC)CC1)[C@H]1CCC2(CCN(CCC(C)(C)C)CC2)c2ccccc21.C[C@@H](C(=O)N[C@@H]1CCC2(CCN(CCC(C)(C)C)CC2)c2cc(F)ccc21)N1CCCC1=O.[HH].[HH]. The van der Waals surface area contributed by atoms with Gasteiger partial charge in [0.1, 0.15) is 17.9 Å². The molecule has 14 nitrogen and oxygen atoms in total. The van der Waals surface area contributed by atoms with Gasteiger partial charge in [-0.25, -0.2) is 4.39 Å². The lowest BCUT2D eigenvalue weighted by atomic mass is 9.63. The summed E-state index contributed by atoms with van der Waals surface area (Å²) in [7, 11) is 1.80. The number of nitrogens with zero attached hydrogens (tertiary/aromatic N) is 6. The normalized spacial score (nSPS) is 25.0. The van der Waals surface area contributed by atoms with E-state index >= 15 is 0 Å². The molecule has 0 aromatic heterocycles. The number of ether oxygens (including phenoxy) is 1. The first-order valence-corrected chi connectivity index (χ1v) is 40.6. The lowest BCUT2D eigenvalue weighted by molar-refractivity contribution is -0.140. The number of carbonyl (C=O) groups excluding carboxylic acids is 5. The van der Waals surface area contributed by atoms with E-state index in [1.54, 1.807) is 18.1 Å². The van der Waals surface area contributed by atoms with Crippen molar-refractivity contribution in [1.82, 2.24) is 40.0 Å². The second-order valence-corrected chi connectivity index (χ2v) is 37.0. The molecule has 2 N–H and O–H groups in total. The molecule has 3 aromatic rings. The molecule has 5 saturated heterocycles. The molecule has 5 aliphatic heterocycles. The van der Waals surface area contributed by atoms with Crippen LogP contribution in [0.1, 0.15) is 298 Å². The Morgan fingerprint density at radius 3 is 1.43 bits per heavy atom. The van der Waals surface area contributed by atoms with Gasteiger partial charge < -0.3 is 44.8 Å². The van der Waals surface area contributed by atoms with Crippen LogP contribution in [0.25, 0.3) is 0 Å². The third kappa shape index (κ3) is 19.7. The molecule has 570 valence electrons. The molecule has 15 heteroatoms. The van der Waals surface area contributed by atoms with Gasteiger partial charge in [-0.05, 0) is 298 Å². The van der Waals surface area contributed by atoms with E-state index in [1.165, 1.54) is 106 Å². The molecule has 3 spiro atoms. The highest BCUT2D eigenvalue weighted by Crippen LogP contribution is 2.52. The maximum atomic E-state index is 14.4. The number of rotatable bonds is 18. The van der Waals surface area contributed by atoms with Gasteiger partial charge in [0, 0.05) is 48.4 Å². The highest BCUT2D eigenvalue weighted by atomic mass is 19.1. The quantitative estimate of drug-likeness (QED) is 0.127. The Bertz CT molecular complexity index is 3290. The summed E-state index contributed by atoms with van der Waals surface area (Å²) in [5.74, 6) is 0.814. The number of methoxy groups -OCH3 is 1. The topological polar surface area (TPSA) is 138 Å². The predicted molar refractivity (Wildman–Crippen MR) is 415 cm³/mol. The molecule has 0 unspecified atom stereocenters. The molecule has 3 aromatic carbocycles. The zero-order chi connectivity index (χ0) is 73.4. The molecule has 5 amide bonds. The van der Waals surface area contributed by atoms with Crippen molar-refractivity contribution in [2.75, 3.05) is 85.6 Å². The van der Waals surface area contributed by atoms with Gasteiger partial charge in [-0.1, -0.05) is 131 Å². The van der Waals surface area contributed by atoms with Crippen LogP contribution in [0.4, 0.5) is 4.39 Å². The van der Waals surface area contributed by atoms with Gasteiger partial charge in [0.25, 0.3) is 0 Å². The third-order valence-electron chi connectivity index (χ3n) is 25.9. The number of carbonyl (C=O) groups is 5. The van der Waals surface area contributed by atoms with Crippen LogP contribution in [0, 0.1) is 33.9 Å². The second kappa shape index (κ2) is 34.1. The van der Waals surface area contributed by atoms with Crippen LogP contribution in [0.5, 0.6) is 0 Å². The van der Waals surface area contributed by atoms with E-state index in [9.17, 15) is 28.4 Å². The van der Waals surface area contributed by atoms with Crippen molar-refractivity contribution in [3.8, 4) is 0 Å². The minimum atomic E-state index is -0.467. The van der Waals surface area contributed by atoms with Crippen LogP contribution in [0.2, 0.25) is 0 Å². The number of hydrogen-bond donors (Lipinski definition) is 2. The average molecular weight is 1410 g/mol. The van der Waals surface area contributed by atoms with E-state index < -0.39 is 6.04 Å². The lowest BCUT2D eigenvalue weighted by Gasteiger charge is -2.49. The zero-order valence-electron chi connectivity index (χ0n) is 65.9. The summed E-state index contributed by atoms with van der Waals surface area (Å²) >= 11 is 0. The van der Waals surface area contributed by atoms with E-state index in [1.807, 2.05) is 17.9 Å². The fraction of sp³-hybridized carbons (Fsp3) is 0.736. The molecule has 1 saturated carbocycles. The minimum absolute atomic E-state index is 0. The Hall–Kier alpha value is -5.22. The van der Waals surface area contributed by atoms with Crippen molar-refractivity contribution in [2.45, 2.75) is 297 Å². The van der Waals surface area contributed by atoms with Crippen molar-refractivity contribution in [3.05, 3.63) is 106 Å². The highest BCUT2D eigenvalue weighted by Gasteiger charge is 2.48. The first-order chi connectivity index (χ1) is 48.4. The fourth-order valence-corrected chi connectivity index (χ4v) is 19.2. The van der Waals surface area contributed by atoms with E-state index in [0.29, 0.717) is 65.5 Å². The standard InChI is InChI=1S/C30H47N3O2.C30H48N2O2.C27H40FN3O2.2H2/c1-22(2)21-26(33-17-8-11-27(33)34)28(35)31-25-12-13-30(24-10-7-6-9-23(24)25)15-19-32(20-16-30)18-14-29(3,4)5;1-6-32(28(33)23-11-13-24(34-5)14-12-23)27-15-16-30(26-10-8-7-9-25(26)27)18-21-31(22-19-30)20-17-29(2,3)4;1-19(31-14-5-6-24(31)32)25(33)29-23-9-10-27(22-18-20(28)7-8-21(22)23)12-16-30(17-13-27)15-11-26(2,3)4;;/h6-7,9-10,22,25-26H,8,11-21H2,1-5H3,(H,31,35);7-10,23-24,27H,6,11-22H2,1-5H3;7-8,18-19,23H,5-6,9-17H2,1-4H3,(H,29,33);2*1H/t25-,26-;23?,24?,27-;19-,23+;;/m000../s1. The highest BCUT2D eigenvalue weighted by molar-refractivity contribution is 5.89. The molecule has 5 heterocycles. The van der Waals surface area contributed by atoms with E-state index in [4.69, 9.17) is 4.74 Å². The largest absolute Gasteiger partial charge is 0.381 e. The van der Waals surface area contributed by atoms with Gasteiger partial charge in [0.2, 0.25) is 29.5 Å². The monoisotopic (exact) mass is 1410 g/mol. The maximum Gasteiger partial charge on any atom is 0.243 e. The molecule has 0 radical (unpaired) electrons. The number of nitrogens with one attached hydrogen (secondary N) is 2. The van der Waals surface area contributed by atoms with Crippen LogP contribution >= 0.6 is 0 Å². The molecule has 102 heavy (non-hydrogen) atoms. The van der Waals surface area contributed by atoms with Crippen LogP contribution in [-0.2, 0) is 45.0 Å². The number of hydrogen-bond acceptors (Lipinski definition) is 9. The number of halogens is 1. The lowest BCUT2D eigenvalue weighted by Crippen LogP contribution is -2.51. The van der Waals surface area contributed by atoms with E-state index in [0.717, 1.165) is 140 Å². The van der Waals surface area contributed by atoms with Gasteiger partial charge in [0.05, 0.1) is 24.2 Å². The van der Waals surface area contributed by atoms with Gasteiger partial charge in [0.15, 0.2) is 0 Å². The average Bonchev–Trinajstić information content (AvgIpc) is 0.889. The summed E-state index contributed by atoms with van der Waals surface area (Å²) in [6.45, 7) is 41.6. The summed E-state index contributed by atoms with van der Waals surface area (Å²) in [4.78, 5) is 78.4. The number of fused-ring (bicyclic) bond motifs is 6. The maximum absolute atomic E-state index is 14.4. The second-order valence-electron chi connectivity index (χ2n) is 37.0. The van der Waals surface area contributed by atoms with Gasteiger partial charge >= 0.3 is 0 Å². The Kier molecular flexibility index (Phi) is 26.5. The Labute approximate surface area is 618 Å². The number of amides is 5. The summed E-state index contributed by atoms with van der Waals surface area (Å²) in [5.41, 5.74) is 9.49. The minimum Gasteiger partial charge on any atom is -0.381 e. The summed E-state index contributed by atoms with van der Waals surface area (Å²) in [6.07, 6.45) is 24.7. The molecular formula is C87H139FN8O6. The molecular weight excluding hydrogens is 1270 g/mol. The molecule has 0 bridgehead atoms. The van der Waals surface area contributed by atoms with Gasteiger partial charge in [-0.2, -0.15) is 0 Å². The molecule has 12 rings (SSSR count). The summed E-state index contributed by atoms with van der Waals surface area (Å²) in [5, 5.41) is 6.60. The van der Waals surface area contributed by atoms with Crippen LogP contribution in [-0.4, -0.2) is 163 Å². The first-order valence-electron chi connectivity index (χ1n) is 40.6. The van der Waals surface area contributed by atoms with Crippen molar-refractivity contribution < 1.29 is 36.0 Å². The van der Waals surface area contributed by atoms with Crippen molar-refractivity contribution in [1.29, 1.82) is 0 Å². The Morgan fingerprint density at radius 2 is 0.980 bits per heavy atom. The molecule has 5 atom stereocenters. The molecule has 6 fully saturated rings. The fourth-order valence-electron chi connectivity index (χ4n) is 19.2. The van der Waals surface area contributed by atoms with Gasteiger partial charge in [-0.15, -0.1) is 0 Å². The van der Waals surface area contributed by atoms with Crippen LogP contribution < -0.4 is 10.6 Å². The number of likely N-dealkylation sites (tertiary alicyclic amines) is 5.